The number of rotatable bonds is 4. The Morgan fingerprint density at radius 3 is 2.76 bits per heavy atom. The predicted molar refractivity (Wildman–Crippen MR) is 89.0 cm³/mol. The van der Waals surface area contributed by atoms with Crippen LogP contribution in [0.15, 0.2) is 53.4 Å². The fraction of sp³-hybridized carbons (Fsp3) is 0.474. The minimum Gasteiger partial charge on any atom is -0.349 e. The van der Waals surface area contributed by atoms with Gasteiger partial charge in [-0.3, -0.25) is 0 Å². The number of nitrogens with zero attached hydrogens (tertiary/aromatic N) is 2. The lowest BCUT2D eigenvalue weighted by molar-refractivity contribution is 0.321. The molecular formula is C19H26N2. The second-order valence-corrected chi connectivity index (χ2v) is 6.24. The van der Waals surface area contributed by atoms with Crippen LogP contribution in [0.1, 0.15) is 31.7 Å². The lowest BCUT2D eigenvalue weighted by Gasteiger charge is -2.29. The van der Waals surface area contributed by atoms with Crippen molar-refractivity contribution < 1.29 is 0 Å². The molecule has 1 aromatic rings. The molecule has 112 valence electrons. The van der Waals surface area contributed by atoms with Crippen LogP contribution < -0.4 is 0 Å². The van der Waals surface area contributed by atoms with E-state index in [4.69, 9.17) is 0 Å². The van der Waals surface area contributed by atoms with Crippen molar-refractivity contribution in [3.05, 3.63) is 58.9 Å². The molecule has 0 saturated carbocycles. The van der Waals surface area contributed by atoms with Gasteiger partial charge in [0.25, 0.3) is 0 Å². The van der Waals surface area contributed by atoms with Crippen LogP contribution in [0.25, 0.3) is 0 Å². The zero-order valence-corrected chi connectivity index (χ0v) is 13.3. The summed E-state index contributed by atoms with van der Waals surface area (Å²) in [5.41, 5.74) is 6.24. The van der Waals surface area contributed by atoms with E-state index in [9.17, 15) is 0 Å². The molecule has 0 saturated heterocycles. The largest absolute Gasteiger partial charge is 0.349 e. The van der Waals surface area contributed by atoms with Crippen molar-refractivity contribution in [2.24, 2.45) is 0 Å². The van der Waals surface area contributed by atoms with E-state index in [0.717, 1.165) is 13.1 Å². The predicted octanol–water partition coefficient (Wildman–Crippen LogP) is 3.82. The van der Waals surface area contributed by atoms with E-state index in [1.54, 1.807) is 11.3 Å². The highest BCUT2D eigenvalue weighted by atomic mass is 15.2. The van der Waals surface area contributed by atoms with Gasteiger partial charge in [0.15, 0.2) is 0 Å². The summed E-state index contributed by atoms with van der Waals surface area (Å²) in [6.45, 7) is 5.70. The fourth-order valence-corrected chi connectivity index (χ4v) is 3.56. The maximum atomic E-state index is 2.60. The molecule has 0 aromatic heterocycles. The number of hydrogen-bond acceptors (Lipinski definition) is 2. The summed E-state index contributed by atoms with van der Waals surface area (Å²) in [5, 5.41) is 0. The van der Waals surface area contributed by atoms with Crippen LogP contribution in [0.2, 0.25) is 0 Å². The first-order valence-corrected chi connectivity index (χ1v) is 8.14. The van der Waals surface area contributed by atoms with Crippen LogP contribution in [0, 0.1) is 0 Å². The van der Waals surface area contributed by atoms with Gasteiger partial charge in [-0.2, -0.15) is 0 Å². The third-order valence-corrected chi connectivity index (χ3v) is 4.69. The minimum atomic E-state index is 1.15. The van der Waals surface area contributed by atoms with Gasteiger partial charge in [-0.05, 0) is 37.9 Å². The zero-order chi connectivity index (χ0) is 14.7. The van der Waals surface area contributed by atoms with E-state index in [-0.39, 0.29) is 0 Å². The van der Waals surface area contributed by atoms with Gasteiger partial charge >= 0.3 is 0 Å². The Balaban J connectivity index is 1.63. The molecule has 0 fully saturated rings. The number of allylic oxidation sites excluding steroid dienone is 2. The van der Waals surface area contributed by atoms with Crippen molar-refractivity contribution in [2.45, 2.75) is 32.6 Å². The van der Waals surface area contributed by atoms with Crippen LogP contribution in [-0.4, -0.2) is 36.5 Å². The summed E-state index contributed by atoms with van der Waals surface area (Å²) in [4.78, 5) is 5.05. The summed E-state index contributed by atoms with van der Waals surface area (Å²) < 4.78 is 0. The fourth-order valence-electron chi connectivity index (χ4n) is 3.56. The molecule has 21 heavy (non-hydrogen) atoms. The van der Waals surface area contributed by atoms with E-state index < -0.39 is 0 Å². The molecule has 0 aliphatic carbocycles. The van der Waals surface area contributed by atoms with Gasteiger partial charge in [0.2, 0.25) is 0 Å². The lowest BCUT2D eigenvalue weighted by atomic mass is 10.1. The van der Waals surface area contributed by atoms with Gasteiger partial charge in [0.1, 0.15) is 0 Å². The molecular weight excluding hydrogens is 256 g/mol. The standard InChI is InChI=1S/C19H26N2/c1-3-18-14-17-15-20(2)13-11-19(17)21(18)12-7-10-16-8-5-4-6-9-16/h3-6,8-9H,7,10-15H2,1-2H3/b18-3+. The van der Waals surface area contributed by atoms with Gasteiger partial charge < -0.3 is 9.80 Å². The Kier molecular flexibility index (Phi) is 4.45. The highest BCUT2D eigenvalue weighted by Crippen LogP contribution is 2.36. The molecule has 1 aromatic carbocycles. The van der Waals surface area contributed by atoms with Gasteiger partial charge in [-0.1, -0.05) is 36.4 Å². The van der Waals surface area contributed by atoms with Gasteiger partial charge in [-0.25, -0.2) is 0 Å². The molecule has 2 aliphatic rings. The average molecular weight is 282 g/mol. The van der Waals surface area contributed by atoms with Gasteiger partial charge in [-0.15, -0.1) is 0 Å². The highest BCUT2D eigenvalue weighted by molar-refractivity contribution is 5.34. The summed E-state index contributed by atoms with van der Waals surface area (Å²) >= 11 is 0. The van der Waals surface area contributed by atoms with Crippen molar-refractivity contribution in [2.75, 3.05) is 26.7 Å². The summed E-state index contributed by atoms with van der Waals surface area (Å²) in [7, 11) is 2.23. The van der Waals surface area contributed by atoms with E-state index in [2.05, 4.69) is 60.2 Å². The third kappa shape index (κ3) is 3.21. The monoisotopic (exact) mass is 282 g/mol. The maximum Gasteiger partial charge on any atom is 0.0228 e. The van der Waals surface area contributed by atoms with Crippen molar-refractivity contribution in [1.82, 2.24) is 9.80 Å². The van der Waals surface area contributed by atoms with E-state index in [1.807, 2.05) is 0 Å². The molecule has 0 unspecified atom stereocenters. The minimum absolute atomic E-state index is 1.15. The molecule has 0 amide bonds. The lowest BCUT2D eigenvalue weighted by Crippen LogP contribution is -2.30. The summed E-state index contributed by atoms with van der Waals surface area (Å²) in [5.74, 6) is 0. The molecule has 2 heterocycles. The smallest absolute Gasteiger partial charge is 0.0228 e. The Labute approximate surface area is 128 Å². The zero-order valence-electron chi connectivity index (χ0n) is 13.3. The number of aryl methyl sites for hydroxylation is 1. The van der Waals surface area contributed by atoms with Gasteiger partial charge in [0.05, 0.1) is 0 Å². The van der Waals surface area contributed by atoms with Crippen molar-refractivity contribution in [3.63, 3.8) is 0 Å². The molecule has 0 spiro atoms. The molecule has 0 atom stereocenters. The Morgan fingerprint density at radius 1 is 1.19 bits per heavy atom. The topological polar surface area (TPSA) is 6.48 Å². The Morgan fingerprint density at radius 2 is 2.00 bits per heavy atom. The molecule has 0 radical (unpaired) electrons. The van der Waals surface area contributed by atoms with E-state index in [0.29, 0.717) is 0 Å². The van der Waals surface area contributed by atoms with Crippen LogP contribution in [0.3, 0.4) is 0 Å². The number of likely N-dealkylation sites (N-methyl/N-ethyl adjacent to an activating group) is 1. The quantitative estimate of drug-likeness (QED) is 0.828. The van der Waals surface area contributed by atoms with E-state index in [1.165, 1.54) is 43.5 Å². The van der Waals surface area contributed by atoms with E-state index >= 15 is 0 Å². The SMILES string of the molecule is C/C=C1\CC2=C(CCN(C)C2)N1CCCc1ccccc1. The first-order valence-electron chi connectivity index (χ1n) is 8.14. The summed E-state index contributed by atoms with van der Waals surface area (Å²) in [6.07, 6.45) is 7.10. The molecule has 2 nitrogen and oxygen atoms in total. The normalized spacial score (nSPS) is 21.2. The van der Waals surface area contributed by atoms with Crippen molar-refractivity contribution >= 4 is 0 Å². The number of benzene rings is 1. The first-order chi connectivity index (χ1) is 10.3. The Hall–Kier alpha value is -1.54. The second-order valence-electron chi connectivity index (χ2n) is 6.24. The van der Waals surface area contributed by atoms with Crippen molar-refractivity contribution in [3.8, 4) is 0 Å². The highest BCUT2D eigenvalue weighted by Gasteiger charge is 2.29. The number of hydrogen-bond donors (Lipinski definition) is 0. The van der Waals surface area contributed by atoms with Crippen LogP contribution in [-0.2, 0) is 6.42 Å². The molecule has 0 N–H and O–H groups in total. The Bertz CT molecular complexity index is 542. The van der Waals surface area contributed by atoms with Crippen LogP contribution >= 0.6 is 0 Å². The summed E-state index contributed by atoms with van der Waals surface area (Å²) in [6, 6.07) is 10.8. The average Bonchev–Trinajstić information content (AvgIpc) is 2.85. The van der Waals surface area contributed by atoms with Crippen LogP contribution in [0.4, 0.5) is 0 Å². The van der Waals surface area contributed by atoms with Crippen LogP contribution in [0.5, 0.6) is 0 Å². The second kappa shape index (κ2) is 6.48. The molecule has 2 aliphatic heterocycles. The molecule has 3 rings (SSSR count). The van der Waals surface area contributed by atoms with Gasteiger partial charge in [0, 0.05) is 43.9 Å². The molecule has 2 heteroatoms. The maximum absolute atomic E-state index is 2.60. The first kappa shape index (κ1) is 14.4. The van der Waals surface area contributed by atoms with Crippen molar-refractivity contribution in [1.29, 1.82) is 0 Å². The third-order valence-electron chi connectivity index (χ3n) is 4.69. The molecule has 0 bridgehead atoms.